The van der Waals surface area contributed by atoms with Gasteiger partial charge < -0.3 is 5.32 Å². The summed E-state index contributed by atoms with van der Waals surface area (Å²) in [4.78, 5) is 16.7. The molecular formula is C24H26N6O. The van der Waals surface area contributed by atoms with Crippen LogP contribution in [0.5, 0.6) is 0 Å². The highest BCUT2D eigenvalue weighted by molar-refractivity contribution is 6.03. The second-order valence-electron chi connectivity index (χ2n) is 8.57. The van der Waals surface area contributed by atoms with Gasteiger partial charge in [0.25, 0.3) is 5.91 Å². The molecule has 2 aromatic heterocycles. The molecule has 0 aliphatic rings. The van der Waals surface area contributed by atoms with Gasteiger partial charge in [-0.3, -0.25) is 4.79 Å². The molecule has 0 saturated heterocycles. The van der Waals surface area contributed by atoms with E-state index in [1.807, 2.05) is 24.3 Å². The van der Waals surface area contributed by atoms with Crippen molar-refractivity contribution >= 4 is 11.7 Å². The van der Waals surface area contributed by atoms with Crippen LogP contribution in [0.2, 0.25) is 0 Å². The summed E-state index contributed by atoms with van der Waals surface area (Å²) in [5, 5.41) is 11.4. The Balaban J connectivity index is 1.41. The first-order chi connectivity index (χ1) is 14.9. The molecule has 0 atom stereocenters. The number of aromatic nitrogens is 5. The van der Waals surface area contributed by atoms with Crippen molar-refractivity contribution < 1.29 is 4.79 Å². The van der Waals surface area contributed by atoms with Crippen LogP contribution in [-0.2, 0) is 18.5 Å². The second-order valence-corrected chi connectivity index (χ2v) is 8.57. The number of benzene rings is 2. The molecule has 0 spiro atoms. The number of hydrogen-bond donors (Lipinski definition) is 1. The minimum absolute atomic E-state index is 0.119. The lowest BCUT2D eigenvalue weighted by Crippen LogP contribution is -2.16. The van der Waals surface area contributed by atoms with E-state index in [0.29, 0.717) is 24.5 Å². The molecule has 2 aromatic carbocycles. The Labute approximate surface area is 181 Å². The summed E-state index contributed by atoms with van der Waals surface area (Å²) >= 11 is 0. The van der Waals surface area contributed by atoms with Gasteiger partial charge in [-0.15, -0.1) is 0 Å². The molecule has 31 heavy (non-hydrogen) atoms. The Morgan fingerprint density at radius 1 is 0.903 bits per heavy atom. The third-order valence-electron chi connectivity index (χ3n) is 5.14. The maximum absolute atomic E-state index is 12.7. The number of nitrogens with one attached hydrogen (secondary N) is 1. The molecule has 0 aliphatic carbocycles. The van der Waals surface area contributed by atoms with E-state index in [-0.39, 0.29) is 11.3 Å². The van der Waals surface area contributed by atoms with Gasteiger partial charge in [0.1, 0.15) is 18.5 Å². The highest BCUT2D eigenvalue weighted by atomic mass is 16.1. The molecule has 4 rings (SSSR count). The molecule has 0 unspecified atom stereocenters. The molecule has 7 nitrogen and oxygen atoms in total. The molecule has 7 heteroatoms. The normalized spacial score (nSPS) is 11.5. The van der Waals surface area contributed by atoms with E-state index < -0.39 is 0 Å². The van der Waals surface area contributed by atoms with E-state index in [9.17, 15) is 4.79 Å². The van der Waals surface area contributed by atoms with Gasteiger partial charge in [0, 0.05) is 11.6 Å². The minimum Gasteiger partial charge on any atom is -0.307 e. The van der Waals surface area contributed by atoms with Crippen LogP contribution in [-0.4, -0.2) is 30.5 Å². The zero-order valence-electron chi connectivity index (χ0n) is 18.0. The van der Waals surface area contributed by atoms with Gasteiger partial charge in [-0.05, 0) is 34.2 Å². The first kappa shape index (κ1) is 20.5. The van der Waals surface area contributed by atoms with E-state index in [2.05, 4.69) is 65.5 Å². The van der Waals surface area contributed by atoms with Crippen molar-refractivity contribution in [1.29, 1.82) is 0 Å². The van der Waals surface area contributed by atoms with E-state index in [4.69, 9.17) is 0 Å². The zero-order valence-corrected chi connectivity index (χ0v) is 18.0. The summed E-state index contributed by atoms with van der Waals surface area (Å²) in [6, 6.07) is 17.8. The van der Waals surface area contributed by atoms with Crippen LogP contribution in [0.25, 0.3) is 0 Å². The van der Waals surface area contributed by atoms with Crippen molar-refractivity contribution in [3.05, 3.63) is 95.7 Å². The summed E-state index contributed by atoms with van der Waals surface area (Å²) in [6.07, 6.45) is 4.86. The van der Waals surface area contributed by atoms with Crippen LogP contribution in [0.3, 0.4) is 0 Å². The summed E-state index contributed by atoms with van der Waals surface area (Å²) in [5.74, 6) is 0.494. The number of nitrogens with zero attached hydrogens (tertiary/aromatic N) is 5. The van der Waals surface area contributed by atoms with Crippen molar-refractivity contribution in [2.45, 2.75) is 39.3 Å². The van der Waals surface area contributed by atoms with Crippen LogP contribution in [0.4, 0.5) is 5.82 Å². The van der Waals surface area contributed by atoms with Gasteiger partial charge in [0.15, 0.2) is 0 Å². The van der Waals surface area contributed by atoms with E-state index >= 15 is 0 Å². The number of carbonyl (C=O) groups is 1. The van der Waals surface area contributed by atoms with E-state index in [1.165, 1.54) is 11.9 Å². The fourth-order valence-electron chi connectivity index (χ4n) is 3.30. The van der Waals surface area contributed by atoms with E-state index in [0.717, 1.165) is 11.1 Å². The third kappa shape index (κ3) is 5.06. The summed E-state index contributed by atoms with van der Waals surface area (Å²) < 4.78 is 3.53. The average Bonchev–Trinajstić information content (AvgIpc) is 3.41. The quantitative estimate of drug-likeness (QED) is 0.515. The number of carbonyl (C=O) groups excluding carboxylic acids is 1. The Kier molecular flexibility index (Phi) is 5.66. The monoisotopic (exact) mass is 414 g/mol. The van der Waals surface area contributed by atoms with Crippen LogP contribution >= 0.6 is 0 Å². The smallest absolute Gasteiger partial charge is 0.256 e. The maximum Gasteiger partial charge on any atom is 0.256 e. The van der Waals surface area contributed by atoms with Crippen LogP contribution in [0.1, 0.15) is 47.8 Å². The molecule has 0 aliphatic heterocycles. The lowest BCUT2D eigenvalue weighted by atomic mass is 9.87. The molecule has 158 valence electrons. The molecule has 2 heterocycles. The first-order valence-corrected chi connectivity index (χ1v) is 10.2. The Morgan fingerprint density at radius 3 is 2.23 bits per heavy atom. The standard InChI is InChI=1S/C24H26N6O/c1-24(2,3)21-10-6-19(7-11-21)15-30-22(12-13-26-30)28-23(31)20-8-4-18(5-9-20)14-29-17-25-16-27-29/h4-13,16-17H,14-15H2,1-3H3,(H,28,31). The van der Waals surface area contributed by atoms with Crippen molar-refractivity contribution in [2.75, 3.05) is 5.32 Å². The Morgan fingerprint density at radius 2 is 1.58 bits per heavy atom. The van der Waals surface area contributed by atoms with Crippen molar-refractivity contribution in [1.82, 2.24) is 24.5 Å². The minimum atomic E-state index is -0.169. The van der Waals surface area contributed by atoms with Crippen LogP contribution in [0, 0.1) is 0 Å². The summed E-state index contributed by atoms with van der Waals surface area (Å²) in [5.41, 5.74) is 4.17. The molecule has 0 radical (unpaired) electrons. The molecule has 0 fully saturated rings. The highest BCUT2D eigenvalue weighted by Gasteiger charge is 2.14. The van der Waals surface area contributed by atoms with Crippen LogP contribution < -0.4 is 5.32 Å². The molecule has 0 bridgehead atoms. The largest absolute Gasteiger partial charge is 0.307 e. The number of anilines is 1. The highest BCUT2D eigenvalue weighted by Crippen LogP contribution is 2.22. The van der Waals surface area contributed by atoms with E-state index in [1.54, 1.807) is 28.0 Å². The van der Waals surface area contributed by atoms with Crippen molar-refractivity contribution in [2.24, 2.45) is 0 Å². The Hall–Kier alpha value is -3.74. The van der Waals surface area contributed by atoms with Gasteiger partial charge in [-0.25, -0.2) is 14.3 Å². The summed E-state index contributed by atoms with van der Waals surface area (Å²) in [6.45, 7) is 7.80. The summed E-state index contributed by atoms with van der Waals surface area (Å²) in [7, 11) is 0. The average molecular weight is 415 g/mol. The van der Waals surface area contributed by atoms with Gasteiger partial charge >= 0.3 is 0 Å². The maximum atomic E-state index is 12.7. The predicted octanol–water partition coefficient (Wildman–Crippen LogP) is 4.12. The number of rotatable bonds is 6. The molecule has 1 amide bonds. The topological polar surface area (TPSA) is 77.6 Å². The first-order valence-electron chi connectivity index (χ1n) is 10.2. The van der Waals surface area contributed by atoms with Gasteiger partial charge in [0.2, 0.25) is 0 Å². The van der Waals surface area contributed by atoms with Gasteiger partial charge in [0.05, 0.1) is 19.3 Å². The van der Waals surface area contributed by atoms with Crippen molar-refractivity contribution in [3.63, 3.8) is 0 Å². The third-order valence-corrected chi connectivity index (χ3v) is 5.14. The van der Waals surface area contributed by atoms with Crippen LogP contribution in [0.15, 0.2) is 73.4 Å². The lowest BCUT2D eigenvalue weighted by molar-refractivity contribution is 0.102. The molecule has 0 saturated carbocycles. The predicted molar refractivity (Wildman–Crippen MR) is 120 cm³/mol. The fraction of sp³-hybridized carbons (Fsp3) is 0.250. The SMILES string of the molecule is CC(C)(C)c1ccc(Cn2nccc2NC(=O)c2ccc(Cn3cncn3)cc2)cc1. The van der Waals surface area contributed by atoms with Gasteiger partial charge in [-0.1, -0.05) is 57.2 Å². The van der Waals surface area contributed by atoms with Crippen molar-refractivity contribution in [3.8, 4) is 0 Å². The fourth-order valence-corrected chi connectivity index (χ4v) is 3.30. The molecule has 4 aromatic rings. The Bertz CT molecular complexity index is 1140. The van der Waals surface area contributed by atoms with Gasteiger partial charge in [-0.2, -0.15) is 10.2 Å². The number of amides is 1. The lowest BCUT2D eigenvalue weighted by Gasteiger charge is -2.19. The molecular weight excluding hydrogens is 388 g/mol. The molecule has 1 N–H and O–H groups in total. The second kappa shape index (κ2) is 8.55. The zero-order chi connectivity index (χ0) is 21.8. The number of hydrogen-bond acceptors (Lipinski definition) is 4.